The van der Waals surface area contributed by atoms with E-state index in [1.54, 1.807) is 12.1 Å². The van der Waals surface area contributed by atoms with Gasteiger partial charge in [-0.15, -0.1) is 11.6 Å². The van der Waals surface area contributed by atoms with Crippen molar-refractivity contribution in [3.63, 3.8) is 0 Å². The number of benzene rings is 1. The van der Waals surface area contributed by atoms with E-state index in [1.165, 1.54) is 0 Å². The fraction of sp³-hybridized carbons (Fsp3) is 0.231. The van der Waals surface area contributed by atoms with Gasteiger partial charge in [-0.1, -0.05) is 30.3 Å². The molecule has 0 aromatic heterocycles. The number of amides is 1. The van der Waals surface area contributed by atoms with Gasteiger partial charge in [-0.05, 0) is 17.6 Å². The van der Waals surface area contributed by atoms with Gasteiger partial charge in [-0.3, -0.25) is 9.59 Å². The SMILES string of the molecule is NC(=O)C1C(=O)c2ccccc2/C1=C\CCCl. The highest BCUT2D eigenvalue weighted by atomic mass is 35.5. The highest BCUT2D eigenvalue weighted by Gasteiger charge is 2.38. The van der Waals surface area contributed by atoms with Crippen LogP contribution in [0.5, 0.6) is 0 Å². The van der Waals surface area contributed by atoms with Gasteiger partial charge in [-0.25, -0.2) is 0 Å². The highest BCUT2D eigenvalue weighted by molar-refractivity contribution is 6.24. The standard InChI is InChI=1S/C13H12ClNO2/c14-7-3-6-9-8-4-1-2-5-10(8)12(16)11(9)13(15)17/h1-2,4-6,11H,3,7H2,(H2,15,17)/b9-6+. The van der Waals surface area contributed by atoms with E-state index >= 15 is 0 Å². The Bertz CT molecular complexity index is 508. The second-order valence-corrected chi connectivity index (χ2v) is 4.26. The second-order valence-electron chi connectivity index (χ2n) is 3.88. The van der Waals surface area contributed by atoms with Crippen molar-refractivity contribution in [3.05, 3.63) is 41.5 Å². The van der Waals surface area contributed by atoms with Crippen molar-refractivity contribution < 1.29 is 9.59 Å². The van der Waals surface area contributed by atoms with Gasteiger partial charge >= 0.3 is 0 Å². The maximum absolute atomic E-state index is 12.0. The number of primary amides is 1. The first-order chi connectivity index (χ1) is 8.16. The van der Waals surface area contributed by atoms with Gasteiger partial charge in [-0.2, -0.15) is 0 Å². The third kappa shape index (κ3) is 1.98. The number of halogens is 1. The summed E-state index contributed by atoms with van der Waals surface area (Å²) in [7, 11) is 0. The fourth-order valence-corrected chi connectivity index (χ4v) is 2.23. The van der Waals surface area contributed by atoms with Crippen molar-refractivity contribution in [1.29, 1.82) is 0 Å². The fourth-order valence-electron chi connectivity index (χ4n) is 2.12. The topological polar surface area (TPSA) is 60.2 Å². The molecule has 1 unspecified atom stereocenters. The van der Waals surface area contributed by atoms with Crippen LogP contribution in [0.2, 0.25) is 0 Å². The summed E-state index contributed by atoms with van der Waals surface area (Å²) in [5.74, 6) is -1.22. The Labute approximate surface area is 104 Å². The van der Waals surface area contributed by atoms with E-state index in [4.69, 9.17) is 17.3 Å². The van der Waals surface area contributed by atoms with Crippen LogP contribution in [0, 0.1) is 5.92 Å². The number of carbonyl (C=O) groups excluding carboxylic acids is 2. The monoisotopic (exact) mass is 249 g/mol. The summed E-state index contributed by atoms with van der Waals surface area (Å²) in [6, 6.07) is 7.16. The number of fused-ring (bicyclic) bond motifs is 1. The maximum atomic E-state index is 12.0. The van der Waals surface area contributed by atoms with Crippen LogP contribution in [-0.4, -0.2) is 17.6 Å². The maximum Gasteiger partial charge on any atom is 0.232 e. The number of ketones is 1. The summed E-state index contributed by atoms with van der Waals surface area (Å²) < 4.78 is 0. The zero-order valence-electron chi connectivity index (χ0n) is 9.15. The first kappa shape index (κ1) is 11.9. The molecule has 1 aromatic rings. The van der Waals surface area contributed by atoms with Gasteiger partial charge in [0, 0.05) is 11.4 Å². The lowest BCUT2D eigenvalue weighted by molar-refractivity contribution is -0.118. The third-order valence-electron chi connectivity index (χ3n) is 2.83. The Kier molecular flexibility index (Phi) is 3.29. The molecule has 0 saturated heterocycles. The molecule has 0 saturated carbocycles. The minimum atomic E-state index is -0.851. The molecule has 1 amide bonds. The van der Waals surface area contributed by atoms with E-state index in [0.29, 0.717) is 23.4 Å². The molecule has 1 aromatic carbocycles. The molecular formula is C13H12ClNO2. The minimum absolute atomic E-state index is 0.214. The van der Waals surface area contributed by atoms with E-state index < -0.39 is 11.8 Å². The number of allylic oxidation sites excluding steroid dienone is 1. The van der Waals surface area contributed by atoms with Crippen molar-refractivity contribution in [1.82, 2.24) is 0 Å². The minimum Gasteiger partial charge on any atom is -0.369 e. The predicted molar refractivity (Wildman–Crippen MR) is 66.8 cm³/mol. The summed E-state index contributed by atoms with van der Waals surface area (Å²) in [6.45, 7) is 0. The average Bonchev–Trinajstić information content (AvgIpc) is 2.60. The van der Waals surface area contributed by atoms with Crippen LogP contribution in [0.4, 0.5) is 0 Å². The summed E-state index contributed by atoms with van der Waals surface area (Å²) in [5.41, 5.74) is 7.35. The lowest BCUT2D eigenvalue weighted by Gasteiger charge is -2.06. The zero-order valence-corrected chi connectivity index (χ0v) is 9.91. The Hall–Kier alpha value is -1.61. The molecule has 88 valence electrons. The summed E-state index contributed by atoms with van der Waals surface area (Å²) >= 11 is 5.63. The number of Topliss-reactive ketones (excluding diaryl/α,β-unsaturated/α-hetero) is 1. The normalized spacial score (nSPS) is 20.6. The van der Waals surface area contributed by atoms with Crippen molar-refractivity contribution in [2.75, 3.05) is 5.88 Å². The van der Waals surface area contributed by atoms with Gasteiger partial charge in [0.2, 0.25) is 5.91 Å². The summed E-state index contributed by atoms with van der Waals surface area (Å²) in [6.07, 6.45) is 2.44. The molecule has 0 aliphatic heterocycles. The van der Waals surface area contributed by atoms with Gasteiger partial charge in [0.25, 0.3) is 0 Å². The van der Waals surface area contributed by atoms with Crippen LogP contribution in [0.25, 0.3) is 5.57 Å². The van der Waals surface area contributed by atoms with Crippen molar-refractivity contribution in [3.8, 4) is 0 Å². The number of hydrogen-bond donors (Lipinski definition) is 1. The largest absolute Gasteiger partial charge is 0.369 e. The molecule has 1 aliphatic rings. The van der Waals surface area contributed by atoms with E-state index in [9.17, 15) is 9.59 Å². The lowest BCUT2D eigenvalue weighted by Crippen LogP contribution is -2.27. The van der Waals surface area contributed by atoms with Crippen molar-refractivity contribution >= 4 is 28.9 Å². The molecule has 1 aliphatic carbocycles. The highest BCUT2D eigenvalue weighted by Crippen LogP contribution is 2.37. The van der Waals surface area contributed by atoms with Gasteiger partial charge in [0.15, 0.2) is 5.78 Å². The van der Waals surface area contributed by atoms with Crippen LogP contribution in [0.3, 0.4) is 0 Å². The zero-order chi connectivity index (χ0) is 12.4. The number of hydrogen-bond acceptors (Lipinski definition) is 2. The molecular weight excluding hydrogens is 238 g/mol. The number of rotatable bonds is 3. The quantitative estimate of drug-likeness (QED) is 0.658. The molecule has 17 heavy (non-hydrogen) atoms. The molecule has 3 nitrogen and oxygen atoms in total. The Morgan fingerprint density at radius 2 is 2.00 bits per heavy atom. The molecule has 2 rings (SSSR count). The van der Waals surface area contributed by atoms with E-state index in [1.807, 2.05) is 18.2 Å². The number of nitrogens with two attached hydrogens (primary N) is 1. The predicted octanol–water partition coefficient (Wildman–Crippen LogP) is 2.00. The smallest absolute Gasteiger partial charge is 0.232 e. The molecule has 2 N–H and O–H groups in total. The molecule has 0 spiro atoms. The molecule has 0 bridgehead atoms. The Balaban J connectivity index is 2.53. The molecule has 0 heterocycles. The molecule has 0 radical (unpaired) electrons. The van der Waals surface area contributed by atoms with Crippen LogP contribution in [-0.2, 0) is 4.79 Å². The first-order valence-electron chi connectivity index (χ1n) is 5.35. The van der Waals surface area contributed by atoms with E-state index in [-0.39, 0.29) is 5.78 Å². The van der Waals surface area contributed by atoms with Crippen LogP contribution >= 0.6 is 11.6 Å². The second kappa shape index (κ2) is 4.72. The Morgan fingerprint density at radius 1 is 1.35 bits per heavy atom. The van der Waals surface area contributed by atoms with Gasteiger partial charge < -0.3 is 5.73 Å². The van der Waals surface area contributed by atoms with Gasteiger partial charge in [0.05, 0.1) is 0 Å². The molecule has 0 fully saturated rings. The van der Waals surface area contributed by atoms with E-state index in [0.717, 1.165) is 5.56 Å². The molecule has 4 heteroatoms. The summed E-state index contributed by atoms with van der Waals surface area (Å²) in [5, 5.41) is 0. The number of carbonyl (C=O) groups is 2. The van der Waals surface area contributed by atoms with Gasteiger partial charge in [0.1, 0.15) is 5.92 Å². The van der Waals surface area contributed by atoms with Crippen LogP contribution in [0.15, 0.2) is 30.3 Å². The lowest BCUT2D eigenvalue weighted by atomic mass is 9.97. The molecule has 1 atom stereocenters. The first-order valence-corrected chi connectivity index (χ1v) is 5.89. The third-order valence-corrected chi connectivity index (χ3v) is 3.05. The van der Waals surface area contributed by atoms with Crippen molar-refractivity contribution in [2.45, 2.75) is 6.42 Å². The number of alkyl halides is 1. The average molecular weight is 250 g/mol. The van der Waals surface area contributed by atoms with Crippen LogP contribution < -0.4 is 5.73 Å². The van der Waals surface area contributed by atoms with Crippen LogP contribution in [0.1, 0.15) is 22.3 Å². The van der Waals surface area contributed by atoms with Crippen molar-refractivity contribution in [2.24, 2.45) is 11.7 Å². The summed E-state index contributed by atoms with van der Waals surface area (Å²) in [4.78, 5) is 23.4. The van der Waals surface area contributed by atoms with E-state index in [2.05, 4.69) is 0 Å². The Morgan fingerprint density at radius 3 is 2.59 bits per heavy atom.